The third kappa shape index (κ3) is 4.14. The number of rotatable bonds is 6. The van der Waals surface area contributed by atoms with Gasteiger partial charge in [-0.2, -0.15) is 8.78 Å². The van der Waals surface area contributed by atoms with E-state index in [0.717, 1.165) is 23.1 Å². The van der Waals surface area contributed by atoms with E-state index in [0.29, 0.717) is 0 Å². The summed E-state index contributed by atoms with van der Waals surface area (Å²) in [5, 5.41) is 2.30. The smallest absolute Gasteiger partial charge is 0.322 e. The summed E-state index contributed by atoms with van der Waals surface area (Å²) in [7, 11) is 0. The number of nitrogens with zero attached hydrogens (tertiary/aromatic N) is 1. The fourth-order valence-corrected chi connectivity index (χ4v) is 3.66. The number of carbonyl (C=O) groups is 4. The van der Waals surface area contributed by atoms with Crippen LogP contribution >= 0.6 is 11.6 Å². The number of imide groups is 1. The van der Waals surface area contributed by atoms with Gasteiger partial charge < -0.3 is 4.90 Å². The summed E-state index contributed by atoms with van der Waals surface area (Å²) in [4.78, 5) is 50.0. The van der Waals surface area contributed by atoms with E-state index < -0.39 is 72.5 Å². The van der Waals surface area contributed by atoms with Gasteiger partial charge >= 0.3 is 5.92 Å². The summed E-state index contributed by atoms with van der Waals surface area (Å²) in [5.74, 6) is -7.65. The van der Waals surface area contributed by atoms with Crippen LogP contribution in [0.3, 0.4) is 0 Å². The molecule has 2 aliphatic rings. The van der Waals surface area contributed by atoms with Gasteiger partial charge in [0.2, 0.25) is 17.6 Å². The van der Waals surface area contributed by atoms with Crippen LogP contribution in [0, 0.1) is 0 Å². The summed E-state index contributed by atoms with van der Waals surface area (Å²) in [5.41, 5.74) is -1.26. The first-order valence-corrected chi connectivity index (χ1v) is 10.0. The Bertz CT molecular complexity index is 1290. The molecule has 3 atom stereocenters. The number of fused-ring (bicyclic) bond motifs is 1. The molecule has 0 radical (unpaired) electrons. The van der Waals surface area contributed by atoms with Gasteiger partial charge in [0.25, 0.3) is 5.91 Å². The Kier molecular flexibility index (Phi) is 4.59. The van der Waals surface area contributed by atoms with Crippen LogP contribution in [-0.4, -0.2) is 34.4 Å². The monoisotopic (exact) mass is 464 g/mol. The lowest BCUT2D eigenvalue weighted by Gasteiger charge is -2.29. The summed E-state index contributed by atoms with van der Waals surface area (Å²) in [6.07, 6.45) is -2.74. The largest absolute Gasteiger partial charge is 0.330 e. The van der Waals surface area contributed by atoms with Gasteiger partial charge in [-0.05, 0) is 42.1 Å². The second-order valence-electron chi connectivity index (χ2n) is 7.40. The van der Waals surface area contributed by atoms with Crippen molar-refractivity contribution in [3.05, 3.63) is 69.7 Å². The molecule has 0 bridgehead atoms. The first-order chi connectivity index (χ1) is 16.8. The molecular weight excluding hydrogens is 442 g/mol. The zero-order valence-electron chi connectivity index (χ0n) is 20.5. The predicted molar refractivity (Wildman–Crippen MR) is 111 cm³/mol. The minimum Gasteiger partial charge on any atom is -0.322 e. The van der Waals surface area contributed by atoms with E-state index in [1.807, 2.05) is 0 Å². The van der Waals surface area contributed by atoms with Gasteiger partial charge in [0.05, 0.1) is 4.11 Å². The number of alkyl halides is 2. The van der Waals surface area contributed by atoms with Gasteiger partial charge in [0, 0.05) is 36.9 Å². The van der Waals surface area contributed by atoms with Crippen molar-refractivity contribution in [2.75, 3.05) is 0 Å². The highest BCUT2D eigenvalue weighted by Crippen LogP contribution is 2.32. The Morgan fingerprint density at radius 1 is 1.28 bits per heavy atom. The SMILES string of the molecule is [2H]c1c(C([2H])CC(=O)C(F)(F)c2ccc(Cl)cc2)cc2c(c1[2H])C(=O)N(C1CCC(=O)NC1=O)C2[2H]. The molecule has 1 fully saturated rings. The van der Waals surface area contributed by atoms with Gasteiger partial charge in [-0.15, -0.1) is 0 Å². The van der Waals surface area contributed by atoms with Gasteiger partial charge in [-0.3, -0.25) is 24.5 Å². The number of aryl methyl sites for hydroxylation is 1. The topological polar surface area (TPSA) is 83.6 Å². The number of amides is 3. The van der Waals surface area contributed by atoms with Crippen molar-refractivity contribution in [3.8, 4) is 0 Å². The van der Waals surface area contributed by atoms with Gasteiger partial charge in [0.1, 0.15) is 6.04 Å². The van der Waals surface area contributed by atoms with Crippen molar-refractivity contribution in [2.45, 2.75) is 44.1 Å². The van der Waals surface area contributed by atoms with Crippen LogP contribution in [-0.2, 0) is 33.2 Å². The van der Waals surface area contributed by atoms with E-state index in [9.17, 15) is 28.0 Å². The Morgan fingerprint density at radius 3 is 2.69 bits per heavy atom. The zero-order chi connectivity index (χ0) is 26.5. The Balaban J connectivity index is 1.62. The van der Waals surface area contributed by atoms with Crippen molar-refractivity contribution in [3.63, 3.8) is 0 Å². The van der Waals surface area contributed by atoms with Crippen LogP contribution in [0.4, 0.5) is 8.78 Å². The van der Waals surface area contributed by atoms with Crippen molar-refractivity contribution >= 4 is 35.1 Å². The maximum atomic E-state index is 14.7. The standard InChI is InChI=1S/C23H19ClF2N2O4/c24-16-5-3-15(4-6-16)23(25,26)19(29)9-2-13-1-7-17-14(11-13)12-28(22(17)32)18-8-10-20(30)27-21(18)31/h1,3-7,11,18H,2,8-10,12H2,(H,27,30,31)/i1D,2D,7D,12D. The number of hydrogen-bond acceptors (Lipinski definition) is 4. The van der Waals surface area contributed by atoms with Crippen LogP contribution in [0.5, 0.6) is 0 Å². The second-order valence-corrected chi connectivity index (χ2v) is 7.84. The lowest BCUT2D eigenvalue weighted by atomic mass is 9.97. The molecule has 166 valence electrons. The molecule has 2 aliphatic heterocycles. The van der Waals surface area contributed by atoms with Crippen LogP contribution in [0.15, 0.2) is 42.4 Å². The lowest BCUT2D eigenvalue weighted by Crippen LogP contribution is -2.52. The number of benzene rings is 2. The number of halogens is 3. The summed E-state index contributed by atoms with van der Waals surface area (Å²) < 4.78 is 62.7. The molecule has 0 saturated carbocycles. The molecule has 3 amide bonds. The molecule has 4 rings (SSSR count). The lowest BCUT2D eigenvalue weighted by molar-refractivity contribution is -0.144. The van der Waals surface area contributed by atoms with E-state index in [1.54, 1.807) is 0 Å². The van der Waals surface area contributed by atoms with Crippen molar-refractivity contribution in [1.29, 1.82) is 0 Å². The molecular formula is C23H19ClF2N2O4. The average Bonchev–Trinajstić information content (AvgIpc) is 3.06. The fourth-order valence-electron chi connectivity index (χ4n) is 3.54. The predicted octanol–water partition coefficient (Wildman–Crippen LogP) is 3.39. The molecule has 3 unspecified atom stereocenters. The van der Waals surface area contributed by atoms with Gasteiger partial charge in [-0.1, -0.05) is 35.8 Å². The molecule has 0 aliphatic carbocycles. The van der Waals surface area contributed by atoms with E-state index in [1.165, 1.54) is 12.1 Å². The first kappa shape index (κ1) is 17.4. The van der Waals surface area contributed by atoms with Gasteiger partial charge in [-0.25, -0.2) is 0 Å². The summed E-state index contributed by atoms with van der Waals surface area (Å²) in [6, 6.07) is 3.11. The number of carbonyl (C=O) groups excluding carboxylic acids is 4. The number of hydrogen-bond donors (Lipinski definition) is 1. The highest BCUT2D eigenvalue weighted by molar-refractivity contribution is 6.30. The maximum Gasteiger partial charge on any atom is 0.330 e. The number of ketones is 1. The van der Waals surface area contributed by atoms with E-state index in [2.05, 4.69) is 5.32 Å². The molecule has 6 nitrogen and oxygen atoms in total. The van der Waals surface area contributed by atoms with Crippen molar-refractivity contribution in [2.24, 2.45) is 0 Å². The minimum atomic E-state index is -3.93. The van der Waals surface area contributed by atoms with Crippen molar-refractivity contribution < 1.29 is 33.4 Å². The number of nitrogens with one attached hydrogen (secondary N) is 1. The summed E-state index contributed by atoms with van der Waals surface area (Å²) in [6.45, 7) is -1.49. The van der Waals surface area contributed by atoms with Crippen LogP contribution < -0.4 is 5.32 Å². The Hall–Kier alpha value is -3.13. The van der Waals surface area contributed by atoms with Crippen LogP contribution in [0.1, 0.15) is 51.8 Å². The van der Waals surface area contributed by atoms with E-state index in [-0.39, 0.29) is 34.6 Å². The van der Waals surface area contributed by atoms with E-state index >= 15 is 0 Å². The third-order valence-corrected chi connectivity index (χ3v) is 5.52. The van der Waals surface area contributed by atoms with Gasteiger partial charge in [0.15, 0.2) is 0 Å². The molecule has 2 aromatic rings. The van der Waals surface area contributed by atoms with Crippen LogP contribution in [0.25, 0.3) is 0 Å². The van der Waals surface area contributed by atoms with Crippen molar-refractivity contribution in [1.82, 2.24) is 10.2 Å². The first-order valence-electron chi connectivity index (χ1n) is 11.8. The third-order valence-electron chi connectivity index (χ3n) is 5.27. The molecule has 32 heavy (non-hydrogen) atoms. The second kappa shape index (κ2) is 8.43. The zero-order valence-corrected chi connectivity index (χ0v) is 17.2. The molecule has 0 aromatic heterocycles. The van der Waals surface area contributed by atoms with Crippen LogP contribution in [0.2, 0.25) is 5.02 Å². The molecule has 0 spiro atoms. The normalized spacial score (nSPS) is 23.6. The Morgan fingerprint density at radius 2 is 2.00 bits per heavy atom. The van der Waals surface area contributed by atoms with E-state index in [4.69, 9.17) is 17.1 Å². The fraction of sp³-hybridized carbons (Fsp3) is 0.304. The Labute approximate surface area is 193 Å². The quantitative estimate of drug-likeness (QED) is 0.664. The summed E-state index contributed by atoms with van der Waals surface area (Å²) >= 11 is 5.70. The maximum absolute atomic E-state index is 14.7. The highest BCUT2D eigenvalue weighted by atomic mass is 35.5. The minimum absolute atomic E-state index is 0.0248. The number of Topliss-reactive ketones (excluding diaryl/α,β-unsaturated/α-hetero) is 1. The highest BCUT2D eigenvalue weighted by Gasteiger charge is 2.41. The average molecular weight is 465 g/mol. The molecule has 2 heterocycles. The molecule has 1 N–H and O–H groups in total. The molecule has 1 saturated heterocycles. The number of piperidine rings is 1. The molecule has 9 heteroatoms. The molecule has 2 aromatic carbocycles.